The summed E-state index contributed by atoms with van der Waals surface area (Å²) in [5, 5.41) is 0. The zero-order valence-electron chi connectivity index (χ0n) is 11.8. The number of nitrogen functional groups attached to an aromatic ring is 1. The Morgan fingerprint density at radius 2 is 2.00 bits per heavy atom. The summed E-state index contributed by atoms with van der Waals surface area (Å²) in [6, 6.07) is 1.50. The molecule has 1 aliphatic rings. The summed E-state index contributed by atoms with van der Waals surface area (Å²) < 4.78 is 5.21. The van der Waals surface area contributed by atoms with Gasteiger partial charge in [0.2, 0.25) is 11.8 Å². The second-order valence-corrected chi connectivity index (χ2v) is 4.84. The van der Waals surface area contributed by atoms with Crippen molar-refractivity contribution in [1.29, 1.82) is 0 Å². The molecule has 8 nitrogen and oxygen atoms in total. The number of piperazine rings is 1. The molecule has 2 rings (SSSR count). The van der Waals surface area contributed by atoms with E-state index in [1.165, 1.54) is 17.2 Å². The summed E-state index contributed by atoms with van der Waals surface area (Å²) in [6.07, 6.45) is 2.08. The zero-order valence-corrected chi connectivity index (χ0v) is 11.8. The Morgan fingerprint density at radius 1 is 1.33 bits per heavy atom. The maximum absolute atomic E-state index is 12.0. The molecule has 1 saturated heterocycles. The van der Waals surface area contributed by atoms with Gasteiger partial charge in [0.1, 0.15) is 18.6 Å². The number of hydrogen-bond acceptors (Lipinski definition) is 5. The van der Waals surface area contributed by atoms with Gasteiger partial charge in [-0.05, 0) is 12.5 Å². The molecular weight excluding hydrogens is 276 g/mol. The Labute approximate surface area is 121 Å². The number of carbonyl (C=O) groups is 3. The molecule has 3 amide bonds. The lowest BCUT2D eigenvalue weighted by Gasteiger charge is -2.33. The normalized spacial score (nSPS) is 15.5. The van der Waals surface area contributed by atoms with Crippen LogP contribution in [0.5, 0.6) is 0 Å². The summed E-state index contributed by atoms with van der Waals surface area (Å²) >= 11 is 0. The molecule has 114 valence electrons. The molecule has 0 unspecified atom stereocenters. The molecule has 0 bridgehead atoms. The second kappa shape index (κ2) is 6.40. The van der Waals surface area contributed by atoms with Crippen molar-refractivity contribution in [3.63, 3.8) is 0 Å². The lowest BCUT2D eigenvalue weighted by molar-refractivity contribution is -0.150. The number of hydrogen-bond donors (Lipinski definition) is 2. The van der Waals surface area contributed by atoms with Gasteiger partial charge in [-0.3, -0.25) is 19.8 Å². The zero-order chi connectivity index (χ0) is 15.4. The van der Waals surface area contributed by atoms with E-state index in [1.54, 1.807) is 4.90 Å². The summed E-state index contributed by atoms with van der Waals surface area (Å²) in [6.45, 7) is 2.81. The van der Waals surface area contributed by atoms with Crippen LogP contribution in [0, 0.1) is 0 Å². The van der Waals surface area contributed by atoms with Gasteiger partial charge in [-0.2, -0.15) is 0 Å². The molecule has 0 aliphatic carbocycles. The number of carbonyl (C=O) groups excluding carboxylic acids is 3. The van der Waals surface area contributed by atoms with Crippen molar-refractivity contribution < 1.29 is 18.8 Å². The van der Waals surface area contributed by atoms with Crippen LogP contribution in [-0.4, -0.2) is 47.2 Å². The highest BCUT2D eigenvalue weighted by Crippen LogP contribution is 2.14. The first-order chi connectivity index (χ1) is 10.0. The topological polar surface area (TPSA) is 109 Å². The van der Waals surface area contributed by atoms with Crippen LogP contribution in [0.1, 0.15) is 29.5 Å². The lowest BCUT2D eigenvalue weighted by atomic mass is 10.2. The average molecular weight is 294 g/mol. The molecule has 1 aliphatic heterocycles. The van der Waals surface area contributed by atoms with E-state index in [4.69, 9.17) is 10.3 Å². The number of nitrogens with two attached hydrogens (primary N) is 1. The fourth-order valence-electron chi connectivity index (χ4n) is 2.17. The van der Waals surface area contributed by atoms with Crippen molar-refractivity contribution in [2.45, 2.75) is 19.9 Å². The third-order valence-corrected chi connectivity index (χ3v) is 3.24. The monoisotopic (exact) mass is 294 g/mol. The Bertz CT molecular complexity index is 554. The fourth-order valence-corrected chi connectivity index (χ4v) is 2.17. The van der Waals surface area contributed by atoms with E-state index in [-0.39, 0.29) is 37.0 Å². The first kappa shape index (κ1) is 15.0. The second-order valence-electron chi connectivity index (χ2n) is 4.84. The minimum absolute atomic E-state index is 0.0257. The molecule has 1 fully saturated rings. The van der Waals surface area contributed by atoms with Crippen molar-refractivity contribution in [1.82, 2.24) is 15.2 Å². The van der Waals surface area contributed by atoms with Crippen LogP contribution in [0.4, 0.5) is 0 Å². The quantitative estimate of drug-likeness (QED) is 0.431. The molecule has 8 heteroatoms. The van der Waals surface area contributed by atoms with Crippen LogP contribution in [0.2, 0.25) is 0 Å². The van der Waals surface area contributed by atoms with Crippen LogP contribution in [0.3, 0.4) is 0 Å². The number of nitrogens with zero attached hydrogens (tertiary/aromatic N) is 2. The minimum atomic E-state index is -0.472. The number of hydrazine groups is 1. The maximum Gasteiger partial charge on any atom is 0.268 e. The molecular formula is C13H18N4O4. The van der Waals surface area contributed by atoms with Crippen molar-refractivity contribution in [3.8, 4) is 0 Å². The van der Waals surface area contributed by atoms with E-state index in [0.29, 0.717) is 12.3 Å². The van der Waals surface area contributed by atoms with E-state index >= 15 is 0 Å². The van der Waals surface area contributed by atoms with Crippen LogP contribution in [0.15, 0.2) is 16.7 Å². The Kier molecular flexibility index (Phi) is 4.59. The number of rotatable bonds is 5. The van der Waals surface area contributed by atoms with Gasteiger partial charge in [0.25, 0.3) is 5.91 Å². The van der Waals surface area contributed by atoms with Crippen LogP contribution in [-0.2, 0) is 16.1 Å². The maximum atomic E-state index is 12.0. The van der Waals surface area contributed by atoms with E-state index in [9.17, 15) is 14.4 Å². The van der Waals surface area contributed by atoms with Crippen LogP contribution in [0.25, 0.3) is 0 Å². The molecule has 3 N–H and O–H groups in total. The molecule has 0 atom stereocenters. The highest BCUT2D eigenvalue weighted by Gasteiger charge is 2.29. The number of nitrogens with one attached hydrogen (secondary N) is 1. The summed E-state index contributed by atoms with van der Waals surface area (Å²) in [7, 11) is 0. The van der Waals surface area contributed by atoms with Gasteiger partial charge in [-0.1, -0.05) is 6.92 Å². The molecule has 2 heterocycles. The first-order valence-electron chi connectivity index (χ1n) is 6.69. The van der Waals surface area contributed by atoms with Crippen molar-refractivity contribution >= 4 is 17.7 Å². The van der Waals surface area contributed by atoms with Crippen LogP contribution >= 0.6 is 0 Å². The predicted molar refractivity (Wildman–Crippen MR) is 72.6 cm³/mol. The Hall–Kier alpha value is -2.35. The van der Waals surface area contributed by atoms with E-state index < -0.39 is 5.91 Å². The van der Waals surface area contributed by atoms with E-state index in [2.05, 4.69) is 0 Å². The van der Waals surface area contributed by atoms with E-state index in [0.717, 1.165) is 6.42 Å². The molecule has 0 saturated carbocycles. The SMILES string of the molecule is CCCN1CC(=O)N(Cc2cc(C(=O)NN)co2)CC1=O. The third-order valence-electron chi connectivity index (χ3n) is 3.24. The van der Waals surface area contributed by atoms with E-state index in [1.807, 2.05) is 12.3 Å². The summed E-state index contributed by atoms with van der Waals surface area (Å²) in [5.74, 6) is 4.77. The van der Waals surface area contributed by atoms with Gasteiger partial charge in [0.15, 0.2) is 0 Å². The third kappa shape index (κ3) is 3.40. The van der Waals surface area contributed by atoms with Gasteiger partial charge < -0.3 is 14.2 Å². The van der Waals surface area contributed by atoms with Crippen molar-refractivity contribution in [2.75, 3.05) is 19.6 Å². The molecule has 21 heavy (non-hydrogen) atoms. The summed E-state index contributed by atoms with van der Waals surface area (Å²) in [5.41, 5.74) is 2.27. The molecule has 0 aromatic carbocycles. The van der Waals surface area contributed by atoms with Crippen LogP contribution < -0.4 is 11.3 Å². The molecule has 1 aromatic heterocycles. The number of furan rings is 1. The minimum Gasteiger partial charge on any atom is -0.467 e. The molecule has 0 spiro atoms. The molecule has 0 radical (unpaired) electrons. The first-order valence-corrected chi connectivity index (χ1v) is 6.69. The Morgan fingerprint density at radius 3 is 2.67 bits per heavy atom. The lowest BCUT2D eigenvalue weighted by Crippen LogP contribution is -2.53. The molecule has 1 aromatic rings. The van der Waals surface area contributed by atoms with Gasteiger partial charge in [0, 0.05) is 6.54 Å². The predicted octanol–water partition coefficient (Wildman–Crippen LogP) is -0.536. The standard InChI is InChI=1S/C13H18N4O4/c1-2-3-16-6-12(19)17(7-11(16)18)5-10-4-9(8-21-10)13(20)15-14/h4,8H,2-3,5-7,14H2,1H3,(H,15,20). The van der Waals surface area contributed by atoms with Gasteiger partial charge >= 0.3 is 0 Å². The van der Waals surface area contributed by atoms with Crippen molar-refractivity contribution in [2.24, 2.45) is 5.84 Å². The highest BCUT2D eigenvalue weighted by atomic mass is 16.3. The smallest absolute Gasteiger partial charge is 0.268 e. The van der Waals surface area contributed by atoms with Gasteiger partial charge in [-0.15, -0.1) is 0 Å². The highest BCUT2D eigenvalue weighted by molar-refractivity contribution is 5.94. The largest absolute Gasteiger partial charge is 0.467 e. The average Bonchev–Trinajstić information content (AvgIpc) is 2.92. The van der Waals surface area contributed by atoms with Gasteiger partial charge in [0.05, 0.1) is 18.7 Å². The Balaban J connectivity index is 2.00. The summed E-state index contributed by atoms with van der Waals surface area (Å²) in [4.78, 5) is 38.2. The fraction of sp³-hybridized carbons (Fsp3) is 0.462. The van der Waals surface area contributed by atoms with Gasteiger partial charge in [-0.25, -0.2) is 5.84 Å². The number of amides is 3. The van der Waals surface area contributed by atoms with Crippen molar-refractivity contribution in [3.05, 3.63) is 23.7 Å².